The van der Waals surface area contributed by atoms with E-state index in [4.69, 9.17) is 0 Å². The van der Waals surface area contributed by atoms with Crippen molar-refractivity contribution in [3.63, 3.8) is 0 Å². The summed E-state index contributed by atoms with van der Waals surface area (Å²) in [5.41, 5.74) is 6.80. The summed E-state index contributed by atoms with van der Waals surface area (Å²) in [6.07, 6.45) is 6.22. The number of hydrogen-bond acceptors (Lipinski definition) is 1. The first-order valence-electron chi connectivity index (χ1n) is 12.6. The van der Waals surface area contributed by atoms with E-state index in [0.29, 0.717) is 0 Å². The number of allylic oxidation sites excluding steroid dienone is 4. The molecule has 1 nitrogen and oxygen atoms in total. The van der Waals surface area contributed by atoms with Gasteiger partial charge >= 0.3 is 99.2 Å². The van der Waals surface area contributed by atoms with Crippen LogP contribution in [0, 0.1) is 6.08 Å². The summed E-state index contributed by atoms with van der Waals surface area (Å²) in [5.74, 6) is 0. The normalized spacial score (nSPS) is 11.5. The number of halogens is 2. The molecule has 0 amide bonds. The summed E-state index contributed by atoms with van der Waals surface area (Å²) >= 11 is 1.46. The molecular weight excluding hydrogens is 597 g/mol. The zero-order valence-electron chi connectivity index (χ0n) is 22.9. The van der Waals surface area contributed by atoms with E-state index < -0.39 is 0 Å². The number of fused-ring (bicyclic) bond motifs is 3. The maximum absolute atomic E-state index is 3.12. The molecule has 0 aromatic heterocycles. The zero-order chi connectivity index (χ0) is 26.2. The van der Waals surface area contributed by atoms with Gasteiger partial charge in [0.15, 0.2) is 0 Å². The Morgan fingerprint density at radius 3 is 1.74 bits per heavy atom. The molecular formula is C35H33Cl2NZr-2. The van der Waals surface area contributed by atoms with Crippen LogP contribution in [0.3, 0.4) is 0 Å². The van der Waals surface area contributed by atoms with Crippen LogP contribution >= 0.6 is 0 Å². The van der Waals surface area contributed by atoms with Crippen LogP contribution in [0.4, 0.5) is 5.69 Å². The molecule has 0 saturated carbocycles. The first kappa shape index (κ1) is 32.6. The molecule has 5 aromatic rings. The number of nitrogens with zero attached hydrogens (tertiary/aromatic N) is 1. The van der Waals surface area contributed by atoms with Crippen molar-refractivity contribution in [2.45, 2.75) is 20.3 Å². The minimum atomic E-state index is 0. The first-order chi connectivity index (χ1) is 18.0. The molecule has 0 bridgehead atoms. The Kier molecular flexibility index (Phi) is 13.2. The minimum absolute atomic E-state index is 0. The van der Waals surface area contributed by atoms with Crippen molar-refractivity contribution in [2.24, 2.45) is 0 Å². The summed E-state index contributed by atoms with van der Waals surface area (Å²) in [5, 5.41) is 5.36. The van der Waals surface area contributed by atoms with Crippen molar-refractivity contribution in [1.29, 1.82) is 0 Å². The van der Waals surface area contributed by atoms with Gasteiger partial charge in [0.25, 0.3) is 0 Å². The molecule has 5 aromatic carbocycles. The second-order valence-electron chi connectivity index (χ2n) is 9.46. The Morgan fingerprint density at radius 1 is 0.718 bits per heavy atom. The average molecular weight is 630 g/mol. The van der Waals surface area contributed by atoms with Gasteiger partial charge in [0.05, 0.1) is 0 Å². The van der Waals surface area contributed by atoms with Gasteiger partial charge in [0.1, 0.15) is 0 Å². The molecule has 0 fully saturated rings. The van der Waals surface area contributed by atoms with E-state index in [2.05, 4.69) is 154 Å². The van der Waals surface area contributed by atoms with Crippen LogP contribution in [0.5, 0.6) is 0 Å². The monoisotopic (exact) mass is 627 g/mol. The van der Waals surface area contributed by atoms with Crippen LogP contribution in [0.2, 0.25) is 0 Å². The molecule has 0 atom stereocenters. The van der Waals surface area contributed by atoms with Crippen LogP contribution < -0.4 is 29.7 Å². The summed E-state index contributed by atoms with van der Waals surface area (Å²) in [6.45, 7) is 4.27. The van der Waals surface area contributed by atoms with Crippen molar-refractivity contribution < 1.29 is 49.0 Å². The quantitative estimate of drug-likeness (QED) is 0.278. The Labute approximate surface area is 260 Å². The third kappa shape index (κ3) is 8.42. The van der Waals surface area contributed by atoms with Crippen LogP contribution in [-0.4, -0.2) is 17.3 Å². The van der Waals surface area contributed by atoms with Gasteiger partial charge in [-0.2, -0.15) is 5.57 Å². The molecule has 0 spiro atoms. The predicted octanol–water partition coefficient (Wildman–Crippen LogP) is 2.67. The van der Waals surface area contributed by atoms with Crippen molar-refractivity contribution in [3.05, 3.63) is 144 Å². The topological polar surface area (TPSA) is 3.24 Å². The summed E-state index contributed by atoms with van der Waals surface area (Å²) in [4.78, 5) is 2.18. The molecule has 0 saturated heterocycles. The molecule has 1 aliphatic rings. The van der Waals surface area contributed by atoms with Crippen LogP contribution in [-0.2, 0) is 24.2 Å². The molecule has 198 valence electrons. The molecule has 0 aliphatic heterocycles. The number of benzene rings is 4. The Bertz CT molecular complexity index is 1510. The van der Waals surface area contributed by atoms with E-state index in [1.54, 1.807) is 0 Å². The van der Waals surface area contributed by atoms with Gasteiger partial charge in [-0.05, 0) is 0 Å². The van der Waals surface area contributed by atoms with Crippen LogP contribution in [0.25, 0.3) is 21.5 Å². The fraction of sp³-hybridized carbons (Fsp3) is 0.143. The van der Waals surface area contributed by atoms with Crippen molar-refractivity contribution >= 4 is 30.4 Å². The average Bonchev–Trinajstić information content (AvgIpc) is 3.51. The van der Waals surface area contributed by atoms with E-state index in [-0.39, 0.29) is 24.8 Å². The number of hydrogen-bond donors (Lipinski definition) is 0. The van der Waals surface area contributed by atoms with Gasteiger partial charge in [-0.1, -0.05) is 42.6 Å². The number of rotatable bonds is 3. The molecule has 39 heavy (non-hydrogen) atoms. The molecule has 0 radical (unpaired) electrons. The number of anilines is 1. The Morgan fingerprint density at radius 2 is 1.26 bits per heavy atom. The van der Waals surface area contributed by atoms with Crippen LogP contribution in [0.1, 0.15) is 31.4 Å². The summed E-state index contributed by atoms with van der Waals surface area (Å²) < 4.78 is 1.42. The van der Waals surface area contributed by atoms with Gasteiger partial charge < -0.3 is 29.7 Å². The van der Waals surface area contributed by atoms with Gasteiger partial charge in [0, 0.05) is 19.8 Å². The van der Waals surface area contributed by atoms with E-state index in [0.717, 1.165) is 6.42 Å². The van der Waals surface area contributed by atoms with E-state index >= 15 is 0 Å². The summed E-state index contributed by atoms with van der Waals surface area (Å²) in [7, 11) is 4.19. The van der Waals surface area contributed by atoms with Crippen molar-refractivity contribution in [2.75, 3.05) is 19.0 Å². The third-order valence-corrected chi connectivity index (χ3v) is 8.00. The molecule has 0 unspecified atom stereocenters. The fourth-order valence-electron chi connectivity index (χ4n) is 4.36. The van der Waals surface area contributed by atoms with Crippen molar-refractivity contribution in [3.8, 4) is 0 Å². The molecule has 0 heterocycles. The molecule has 6 rings (SSSR count). The second-order valence-corrected chi connectivity index (χ2v) is 10.7. The molecule has 0 N–H and O–H groups in total. The van der Waals surface area contributed by atoms with Crippen LogP contribution in [0.15, 0.2) is 126 Å². The van der Waals surface area contributed by atoms with Gasteiger partial charge in [-0.3, -0.25) is 6.08 Å². The SMILES string of the molecule is CC1=C(C)C[C-]=C1.CN(C)c1cccc2[cH-]c3ccccc3c12.[Cl-].[Cl-].[Zr+2]=[C](c1ccccc1)c1ccccc1. The van der Waals surface area contributed by atoms with Gasteiger partial charge in [0.2, 0.25) is 0 Å². The van der Waals surface area contributed by atoms with E-state index in [1.165, 1.54) is 76.9 Å². The van der Waals surface area contributed by atoms with Crippen molar-refractivity contribution in [1.82, 2.24) is 0 Å². The Balaban J connectivity index is 0.000000214. The molecule has 1 aliphatic carbocycles. The maximum atomic E-state index is 3.12. The second kappa shape index (κ2) is 15.8. The Hall–Kier alpha value is -2.64. The van der Waals surface area contributed by atoms with E-state index in [1.807, 2.05) is 0 Å². The predicted molar refractivity (Wildman–Crippen MR) is 158 cm³/mol. The zero-order valence-corrected chi connectivity index (χ0v) is 26.8. The summed E-state index contributed by atoms with van der Waals surface area (Å²) in [6, 6.07) is 38.4. The molecule has 4 heteroatoms. The third-order valence-electron chi connectivity index (χ3n) is 6.58. The first-order valence-corrected chi connectivity index (χ1v) is 13.9. The van der Waals surface area contributed by atoms with E-state index in [9.17, 15) is 0 Å². The van der Waals surface area contributed by atoms with Gasteiger partial charge in [-0.15, -0.1) is 47.7 Å². The van der Waals surface area contributed by atoms with Gasteiger partial charge in [-0.25, -0.2) is 11.6 Å². The fourth-order valence-corrected chi connectivity index (χ4v) is 5.18. The standard InChI is InChI=1S/C15H14N.C13H10.C7H9.2ClH.Zr/c1-16(2)14-9-5-7-12-10-11-6-3-4-8-13(11)15(12)14;1-3-7-12(8-4-1)11-13-9-5-2-6-10-13;1-6-4-3-5-7(6)2;;;/h3-10H,1-2H3;1-10H;4H,5H2,1-2H3;2*1H;/q-1;;-1;;;+2/p-2.